The summed E-state index contributed by atoms with van der Waals surface area (Å²) < 4.78 is 15.1. The number of carbonyl (C=O) groups is 1. The molecule has 2 fully saturated rings. The molecule has 0 aliphatic carbocycles. The van der Waals surface area contributed by atoms with Crippen molar-refractivity contribution in [1.29, 1.82) is 0 Å². The standard InChI is InChI=1S/C10H14O.C6H10O3.C3H4O2/c1-10(2,3)8-6-4-5-7-9(8)11;1(5-3-8-5)7-2-6-4-9-6;1-2-3(4)5/h4-7,11H,1-3H3;5-6H,1-4H2;2H,1H2,(H,4,5). The molecule has 140 valence electrons. The summed E-state index contributed by atoms with van der Waals surface area (Å²) in [5.74, 6) is -0.593. The van der Waals surface area contributed by atoms with Gasteiger partial charge in [-0.05, 0) is 17.0 Å². The van der Waals surface area contributed by atoms with Gasteiger partial charge in [-0.1, -0.05) is 45.5 Å². The van der Waals surface area contributed by atoms with Crippen LogP contribution >= 0.6 is 0 Å². The third-order valence-electron chi connectivity index (χ3n) is 3.30. The fourth-order valence-corrected chi connectivity index (χ4v) is 1.77. The van der Waals surface area contributed by atoms with Gasteiger partial charge in [0, 0.05) is 6.08 Å². The van der Waals surface area contributed by atoms with Gasteiger partial charge in [0.25, 0.3) is 0 Å². The average molecular weight is 352 g/mol. The number of phenolic OH excluding ortho intramolecular Hbond substituents is 1. The number of rotatable bonds is 5. The van der Waals surface area contributed by atoms with E-state index in [1.807, 2.05) is 18.2 Å². The van der Waals surface area contributed by atoms with Crippen LogP contribution in [0.25, 0.3) is 0 Å². The molecule has 0 saturated carbocycles. The number of epoxide rings is 2. The van der Waals surface area contributed by atoms with E-state index in [-0.39, 0.29) is 5.41 Å². The monoisotopic (exact) mass is 352 g/mol. The third kappa shape index (κ3) is 10.6. The Balaban J connectivity index is 0.000000201. The van der Waals surface area contributed by atoms with E-state index in [2.05, 4.69) is 27.4 Å². The van der Waals surface area contributed by atoms with E-state index in [1.54, 1.807) is 6.07 Å². The van der Waals surface area contributed by atoms with E-state index in [0.29, 0.717) is 18.0 Å². The van der Waals surface area contributed by atoms with E-state index in [0.717, 1.165) is 38.1 Å². The highest BCUT2D eigenvalue weighted by atomic mass is 16.6. The Morgan fingerprint density at radius 1 is 1.24 bits per heavy atom. The number of benzene rings is 1. The van der Waals surface area contributed by atoms with Crippen LogP contribution in [0, 0.1) is 0 Å². The number of hydrogen-bond donors (Lipinski definition) is 2. The van der Waals surface area contributed by atoms with Gasteiger partial charge < -0.3 is 24.4 Å². The predicted octanol–water partition coefficient (Wildman–Crippen LogP) is 2.75. The van der Waals surface area contributed by atoms with Crippen molar-refractivity contribution >= 4 is 5.97 Å². The lowest BCUT2D eigenvalue weighted by molar-refractivity contribution is -0.131. The first-order valence-corrected chi connectivity index (χ1v) is 8.18. The highest BCUT2D eigenvalue weighted by molar-refractivity contribution is 5.78. The fourth-order valence-electron chi connectivity index (χ4n) is 1.77. The molecule has 2 heterocycles. The Morgan fingerprint density at radius 2 is 1.68 bits per heavy atom. The molecule has 2 unspecified atom stereocenters. The summed E-state index contributed by atoms with van der Waals surface area (Å²) in [6, 6.07) is 7.46. The first-order valence-electron chi connectivity index (χ1n) is 8.18. The van der Waals surface area contributed by atoms with Crippen molar-refractivity contribution in [3.05, 3.63) is 42.5 Å². The van der Waals surface area contributed by atoms with E-state index in [4.69, 9.17) is 19.3 Å². The van der Waals surface area contributed by atoms with E-state index < -0.39 is 5.97 Å². The van der Waals surface area contributed by atoms with Crippen LogP contribution in [0.2, 0.25) is 0 Å². The van der Waals surface area contributed by atoms with E-state index in [9.17, 15) is 9.90 Å². The lowest BCUT2D eigenvalue weighted by atomic mass is 9.86. The number of phenols is 1. The number of aromatic hydroxyl groups is 1. The van der Waals surface area contributed by atoms with Crippen LogP contribution in [0.4, 0.5) is 0 Å². The second-order valence-corrected chi connectivity index (χ2v) is 6.76. The summed E-state index contributed by atoms with van der Waals surface area (Å²) in [6.07, 6.45) is 1.62. The summed E-state index contributed by atoms with van der Waals surface area (Å²) in [5.41, 5.74) is 1.03. The Morgan fingerprint density at radius 3 is 1.96 bits per heavy atom. The van der Waals surface area contributed by atoms with Crippen molar-refractivity contribution in [3.8, 4) is 5.75 Å². The smallest absolute Gasteiger partial charge is 0.327 e. The van der Waals surface area contributed by atoms with Crippen molar-refractivity contribution in [2.75, 3.05) is 26.4 Å². The van der Waals surface area contributed by atoms with E-state index >= 15 is 0 Å². The minimum Gasteiger partial charge on any atom is -0.508 e. The zero-order chi connectivity index (χ0) is 18.9. The van der Waals surface area contributed by atoms with Crippen molar-refractivity contribution in [1.82, 2.24) is 0 Å². The molecule has 6 heteroatoms. The van der Waals surface area contributed by atoms with Crippen molar-refractivity contribution in [2.45, 2.75) is 38.4 Å². The predicted molar refractivity (Wildman–Crippen MR) is 94.9 cm³/mol. The number of aliphatic carboxylic acids is 1. The SMILES string of the molecule is C(OCC1CO1)C1CO1.C=CC(=O)O.CC(C)(C)c1ccccc1O. The van der Waals surface area contributed by atoms with Crippen LogP contribution in [0.3, 0.4) is 0 Å². The molecule has 0 amide bonds. The second kappa shape index (κ2) is 10.2. The van der Waals surface area contributed by atoms with Crippen LogP contribution in [0.5, 0.6) is 5.75 Å². The van der Waals surface area contributed by atoms with Gasteiger partial charge in [-0.2, -0.15) is 0 Å². The molecule has 0 radical (unpaired) electrons. The van der Waals surface area contributed by atoms with Crippen LogP contribution < -0.4 is 0 Å². The highest BCUT2D eigenvalue weighted by Crippen LogP contribution is 2.29. The molecular formula is C19H28O6. The average Bonchev–Trinajstić information content (AvgIpc) is 3.43. The molecule has 2 saturated heterocycles. The lowest BCUT2D eigenvalue weighted by Crippen LogP contribution is -2.10. The molecule has 0 aromatic heterocycles. The number of carboxylic acids is 1. The molecular weight excluding hydrogens is 324 g/mol. The topological polar surface area (TPSA) is 91.8 Å². The molecule has 2 aliphatic rings. The Hall–Kier alpha value is -1.89. The summed E-state index contributed by atoms with van der Waals surface area (Å²) >= 11 is 0. The molecule has 25 heavy (non-hydrogen) atoms. The Bertz CT molecular complexity index is 529. The summed E-state index contributed by atoms with van der Waals surface area (Å²) in [5, 5.41) is 17.1. The summed E-state index contributed by atoms with van der Waals surface area (Å²) in [4.78, 5) is 9.25. The number of ether oxygens (including phenoxy) is 3. The molecule has 2 atom stereocenters. The van der Waals surface area contributed by atoms with Crippen molar-refractivity contribution < 1.29 is 29.2 Å². The van der Waals surface area contributed by atoms with Crippen molar-refractivity contribution in [2.24, 2.45) is 0 Å². The number of hydrogen-bond acceptors (Lipinski definition) is 5. The van der Waals surface area contributed by atoms with Gasteiger partial charge in [-0.25, -0.2) is 4.79 Å². The van der Waals surface area contributed by atoms with Crippen molar-refractivity contribution in [3.63, 3.8) is 0 Å². The van der Waals surface area contributed by atoms with Crippen LogP contribution in [-0.4, -0.2) is 54.8 Å². The van der Waals surface area contributed by atoms with Crippen LogP contribution in [-0.2, 0) is 24.4 Å². The maximum Gasteiger partial charge on any atom is 0.327 e. The van der Waals surface area contributed by atoms with Gasteiger partial charge in [-0.3, -0.25) is 0 Å². The summed E-state index contributed by atoms with van der Waals surface area (Å²) in [6.45, 7) is 12.5. The largest absolute Gasteiger partial charge is 0.508 e. The number of para-hydroxylation sites is 1. The minimum absolute atomic E-state index is 0.0331. The van der Waals surface area contributed by atoms with Gasteiger partial charge >= 0.3 is 5.97 Å². The molecule has 1 aromatic carbocycles. The fraction of sp³-hybridized carbons (Fsp3) is 0.526. The van der Waals surface area contributed by atoms with Gasteiger partial charge in [-0.15, -0.1) is 0 Å². The molecule has 3 rings (SSSR count). The lowest BCUT2D eigenvalue weighted by Gasteiger charge is -2.19. The minimum atomic E-state index is -0.981. The van der Waals surface area contributed by atoms with Gasteiger partial charge in [0.2, 0.25) is 0 Å². The van der Waals surface area contributed by atoms with Crippen LogP contribution in [0.15, 0.2) is 36.9 Å². The van der Waals surface area contributed by atoms with Gasteiger partial charge in [0.15, 0.2) is 0 Å². The Kier molecular flexibility index (Phi) is 8.61. The van der Waals surface area contributed by atoms with Gasteiger partial charge in [0.1, 0.15) is 18.0 Å². The van der Waals surface area contributed by atoms with E-state index in [1.165, 1.54) is 0 Å². The first-order chi connectivity index (χ1) is 11.7. The molecule has 6 nitrogen and oxygen atoms in total. The molecule has 2 N–H and O–H groups in total. The quantitative estimate of drug-likeness (QED) is 0.625. The zero-order valence-corrected chi connectivity index (χ0v) is 15.1. The zero-order valence-electron chi connectivity index (χ0n) is 15.1. The maximum absolute atomic E-state index is 9.45. The highest BCUT2D eigenvalue weighted by Gasteiger charge is 2.26. The van der Waals surface area contributed by atoms with Gasteiger partial charge in [0.05, 0.1) is 26.4 Å². The molecule has 0 bridgehead atoms. The molecule has 0 spiro atoms. The normalized spacial score (nSPS) is 20.3. The Labute approximate surface area is 149 Å². The molecule has 1 aromatic rings. The second-order valence-electron chi connectivity index (χ2n) is 6.76. The van der Waals surface area contributed by atoms with Crippen LogP contribution in [0.1, 0.15) is 26.3 Å². The third-order valence-corrected chi connectivity index (χ3v) is 3.30. The summed E-state index contributed by atoms with van der Waals surface area (Å²) in [7, 11) is 0. The molecule has 2 aliphatic heterocycles. The number of carboxylic acid groups (broad SMARTS) is 1. The maximum atomic E-state index is 9.45. The first kappa shape index (κ1) is 21.2.